The molecule has 2 nitrogen and oxygen atoms in total. The van der Waals surface area contributed by atoms with Crippen molar-refractivity contribution in [2.24, 2.45) is 11.8 Å². The number of amides is 1. The Hall–Kier alpha value is -0.480. The minimum Gasteiger partial charge on any atom is -0.349 e. The van der Waals surface area contributed by atoms with Gasteiger partial charge in [-0.15, -0.1) is 24.0 Å². The van der Waals surface area contributed by atoms with Crippen LogP contribution in [0.15, 0.2) is 16.3 Å². The highest BCUT2D eigenvalue weighted by molar-refractivity contribution is 7.80. The van der Waals surface area contributed by atoms with Crippen molar-refractivity contribution in [3.63, 3.8) is 0 Å². The molecule has 2 unspecified atom stereocenters. The minimum absolute atomic E-state index is 0.0570. The molecule has 0 spiro atoms. The largest absolute Gasteiger partial charge is 0.349 e. The molecule has 2 atom stereocenters. The Morgan fingerprint density at radius 3 is 2.53 bits per heavy atom. The standard InChI is InChI=1S/C13H19NOS2/c1-8-3-9(2)5-10(4-8)14-13(15)12-6-11(16)7-17-12/h6-10,16H,3-5H2,1-2H3,(H,14,15). The Morgan fingerprint density at radius 1 is 1.35 bits per heavy atom. The van der Waals surface area contributed by atoms with Crippen molar-refractivity contribution in [2.75, 3.05) is 0 Å². The van der Waals surface area contributed by atoms with E-state index < -0.39 is 0 Å². The van der Waals surface area contributed by atoms with Crippen LogP contribution in [0.1, 0.15) is 42.8 Å². The fourth-order valence-electron chi connectivity index (χ4n) is 2.77. The van der Waals surface area contributed by atoms with E-state index in [0.717, 1.165) is 22.6 Å². The van der Waals surface area contributed by atoms with Crippen LogP contribution in [0, 0.1) is 11.8 Å². The molecule has 1 aromatic rings. The first-order valence-electron chi connectivity index (χ1n) is 6.13. The van der Waals surface area contributed by atoms with Gasteiger partial charge in [0.2, 0.25) is 0 Å². The maximum atomic E-state index is 12.0. The summed E-state index contributed by atoms with van der Waals surface area (Å²) in [5, 5.41) is 5.04. The number of hydrogen-bond donors (Lipinski definition) is 2. The zero-order chi connectivity index (χ0) is 12.4. The van der Waals surface area contributed by atoms with Gasteiger partial charge in [-0.1, -0.05) is 13.8 Å². The van der Waals surface area contributed by atoms with Gasteiger partial charge in [0.15, 0.2) is 0 Å². The molecule has 0 saturated heterocycles. The second kappa shape index (κ2) is 5.44. The van der Waals surface area contributed by atoms with Crippen molar-refractivity contribution >= 4 is 29.9 Å². The molecule has 1 aliphatic carbocycles. The summed E-state index contributed by atoms with van der Waals surface area (Å²) in [5.74, 6) is 1.49. The second-order valence-corrected chi connectivity index (χ2v) is 6.68. The predicted molar refractivity (Wildman–Crippen MR) is 75.0 cm³/mol. The summed E-state index contributed by atoms with van der Waals surface area (Å²) >= 11 is 5.68. The predicted octanol–water partition coefficient (Wildman–Crippen LogP) is 3.59. The first-order chi connectivity index (χ1) is 8.04. The van der Waals surface area contributed by atoms with Crippen LogP contribution in [0.25, 0.3) is 0 Å². The fraction of sp³-hybridized carbons (Fsp3) is 0.615. The average molecular weight is 269 g/mol. The van der Waals surface area contributed by atoms with Gasteiger partial charge >= 0.3 is 0 Å². The van der Waals surface area contributed by atoms with Gasteiger partial charge in [-0.2, -0.15) is 0 Å². The van der Waals surface area contributed by atoms with Crippen LogP contribution in [-0.4, -0.2) is 11.9 Å². The van der Waals surface area contributed by atoms with Gasteiger partial charge in [0.05, 0.1) is 4.88 Å². The van der Waals surface area contributed by atoms with Gasteiger partial charge in [-0.05, 0) is 37.2 Å². The van der Waals surface area contributed by atoms with Crippen LogP contribution in [-0.2, 0) is 0 Å². The van der Waals surface area contributed by atoms with Crippen LogP contribution in [0.4, 0.5) is 0 Å². The maximum absolute atomic E-state index is 12.0. The van der Waals surface area contributed by atoms with Crippen LogP contribution in [0.5, 0.6) is 0 Å². The summed E-state index contributed by atoms with van der Waals surface area (Å²) in [6, 6.07) is 2.17. The molecule has 17 heavy (non-hydrogen) atoms. The van der Waals surface area contributed by atoms with E-state index in [9.17, 15) is 4.79 Å². The molecule has 0 aliphatic heterocycles. The van der Waals surface area contributed by atoms with Gasteiger partial charge in [0.25, 0.3) is 5.91 Å². The van der Waals surface area contributed by atoms with E-state index in [1.54, 1.807) is 0 Å². The highest BCUT2D eigenvalue weighted by Crippen LogP contribution is 2.29. The van der Waals surface area contributed by atoms with Gasteiger partial charge in [-0.25, -0.2) is 0 Å². The van der Waals surface area contributed by atoms with E-state index in [-0.39, 0.29) is 5.91 Å². The number of carbonyl (C=O) groups excluding carboxylic acids is 1. The third-order valence-electron chi connectivity index (χ3n) is 3.32. The molecular formula is C13H19NOS2. The van der Waals surface area contributed by atoms with Crippen molar-refractivity contribution in [2.45, 2.75) is 44.0 Å². The summed E-state index contributed by atoms with van der Waals surface area (Å²) in [6.45, 7) is 4.54. The molecule has 1 fully saturated rings. The number of carbonyl (C=O) groups is 1. The number of nitrogens with one attached hydrogen (secondary N) is 1. The maximum Gasteiger partial charge on any atom is 0.261 e. The first-order valence-corrected chi connectivity index (χ1v) is 7.45. The number of rotatable bonds is 2. The fourth-order valence-corrected chi connectivity index (χ4v) is 3.82. The number of thiol groups is 1. The molecule has 1 N–H and O–H groups in total. The monoisotopic (exact) mass is 269 g/mol. The van der Waals surface area contributed by atoms with E-state index in [1.807, 2.05) is 11.4 Å². The molecule has 1 heterocycles. The summed E-state index contributed by atoms with van der Waals surface area (Å²) in [4.78, 5) is 13.6. The second-order valence-electron chi connectivity index (χ2n) is 5.26. The molecule has 2 rings (SSSR count). The summed E-state index contributed by atoms with van der Waals surface area (Å²) in [7, 11) is 0. The lowest BCUT2D eigenvalue weighted by Crippen LogP contribution is -2.39. The lowest BCUT2D eigenvalue weighted by molar-refractivity contribution is 0.0915. The van der Waals surface area contributed by atoms with E-state index >= 15 is 0 Å². The molecule has 0 aromatic carbocycles. The van der Waals surface area contributed by atoms with Crippen LogP contribution >= 0.6 is 24.0 Å². The Bertz CT molecular complexity index is 392. The zero-order valence-corrected chi connectivity index (χ0v) is 12.0. The van der Waals surface area contributed by atoms with Gasteiger partial charge in [0.1, 0.15) is 0 Å². The highest BCUT2D eigenvalue weighted by atomic mass is 32.1. The van der Waals surface area contributed by atoms with E-state index in [2.05, 4.69) is 31.8 Å². The highest BCUT2D eigenvalue weighted by Gasteiger charge is 2.25. The van der Waals surface area contributed by atoms with Crippen molar-refractivity contribution < 1.29 is 4.79 Å². The van der Waals surface area contributed by atoms with Gasteiger partial charge in [-0.3, -0.25) is 4.79 Å². The Labute approximate surface area is 112 Å². The van der Waals surface area contributed by atoms with Gasteiger partial charge < -0.3 is 5.32 Å². The number of thiophene rings is 1. The molecule has 1 amide bonds. The Kier molecular flexibility index (Phi) is 4.15. The molecule has 1 aliphatic rings. The van der Waals surface area contributed by atoms with E-state index in [1.165, 1.54) is 17.8 Å². The molecular weight excluding hydrogens is 250 g/mol. The minimum atomic E-state index is 0.0570. The smallest absolute Gasteiger partial charge is 0.261 e. The van der Waals surface area contributed by atoms with Crippen LogP contribution in [0.3, 0.4) is 0 Å². The van der Waals surface area contributed by atoms with E-state index in [0.29, 0.717) is 17.9 Å². The first kappa shape index (κ1) is 13.0. The summed E-state index contributed by atoms with van der Waals surface area (Å²) < 4.78 is 0. The molecule has 4 heteroatoms. The lowest BCUT2D eigenvalue weighted by atomic mass is 9.80. The quantitative estimate of drug-likeness (QED) is 0.789. The molecule has 1 saturated carbocycles. The SMILES string of the molecule is CC1CC(C)CC(NC(=O)c2cc(S)cs2)C1. The molecule has 0 bridgehead atoms. The summed E-state index contributed by atoms with van der Waals surface area (Å²) in [6.07, 6.45) is 3.50. The molecule has 1 aromatic heterocycles. The van der Waals surface area contributed by atoms with Crippen molar-refractivity contribution in [3.05, 3.63) is 16.3 Å². The van der Waals surface area contributed by atoms with Crippen molar-refractivity contribution in [1.29, 1.82) is 0 Å². The lowest BCUT2D eigenvalue weighted by Gasteiger charge is -2.31. The van der Waals surface area contributed by atoms with Crippen LogP contribution in [0.2, 0.25) is 0 Å². The van der Waals surface area contributed by atoms with Crippen molar-refractivity contribution in [3.8, 4) is 0 Å². The number of hydrogen-bond acceptors (Lipinski definition) is 3. The van der Waals surface area contributed by atoms with Gasteiger partial charge in [0, 0.05) is 16.3 Å². The molecule has 94 valence electrons. The van der Waals surface area contributed by atoms with Crippen LogP contribution < -0.4 is 5.32 Å². The average Bonchev–Trinajstić information content (AvgIpc) is 2.63. The normalized spacial score (nSPS) is 29.0. The Morgan fingerprint density at radius 2 is 2.00 bits per heavy atom. The third-order valence-corrected chi connectivity index (χ3v) is 4.68. The third kappa shape index (κ3) is 3.49. The summed E-state index contributed by atoms with van der Waals surface area (Å²) in [5.41, 5.74) is 0. The van der Waals surface area contributed by atoms with Crippen molar-refractivity contribution in [1.82, 2.24) is 5.32 Å². The topological polar surface area (TPSA) is 29.1 Å². The van der Waals surface area contributed by atoms with E-state index in [4.69, 9.17) is 0 Å². The Balaban J connectivity index is 1.94. The molecule has 0 radical (unpaired) electrons. The zero-order valence-electron chi connectivity index (χ0n) is 10.3.